The Hall–Kier alpha value is -2.66. The zero-order valence-electron chi connectivity index (χ0n) is 12.3. The van der Waals surface area contributed by atoms with E-state index in [1.807, 2.05) is 6.92 Å². The van der Waals surface area contributed by atoms with E-state index in [1.165, 1.54) is 12.3 Å². The molecule has 0 aliphatic heterocycles. The largest absolute Gasteiger partial charge is 0.423 e. The number of amides is 1. The van der Waals surface area contributed by atoms with Gasteiger partial charge in [-0.25, -0.2) is 4.79 Å². The highest BCUT2D eigenvalue weighted by atomic mass is 35.5. The summed E-state index contributed by atoms with van der Waals surface area (Å²) in [6.07, 6.45) is 3.07. The first kappa shape index (κ1) is 15.2. The molecule has 2 heterocycles. The van der Waals surface area contributed by atoms with Gasteiger partial charge in [0.25, 0.3) is 5.91 Å². The summed E-state index contributed by atoms with van der Waals surface area (Å²) in [5, 5.41) is 4.04. The minimum atomic E-state index is -0.468. The Labute approximate surface area is 136 Å². The van der Waals surface area contributed by atoms with Crippen molar-refractivity contribution >= 4 is 28.5 Å². The van der Waals surface area contributed by atoms with Gasteiger partial charge in [0.15, 0.2) is 0 Å². The lowest BCUT2D eigenvalue weighted by Crippen LogP contribution is -2.23. The van der Waals surface area contributed by atoms with Crippen molar-refractivity contribution < 1.29 is 9.21 Å². The fourth-order valence-electron chi connectivity index (χ4n) is 2.27. The molecule has 116 valence electrons. The first-order chi connectivity index (χ1) is 11.0. The number of halogens is 1. The molecule has 3 rings (SSSR count). The van der Waals surface area contributed by atoms with Crippen LogP contribution in [0.2, 0.25) is 5.02 Å². The SMILES string of the molecule is Cc1cc2oc(=O)cc(CNC(=O)c3cccnc3)c2cc1Cl. The summed E-state index contributed by atoms with van der Waals surface area (Å²) in [4.78, 5) is 27.7. The van der Waals surface area contributed by atoms with Crippen LogP contribution in [0.4, 0.5) is 0 Å². The highest BCUT2D eigenvalue weighted by molar-refractivity contribution is 6.32. The molecule has 0 saturated carbocycles. The van der Waals surface area contributed by atoms with E-state index < -0.39 is 5.63 Å². The average Bonchev–Trinajstić information content (AvgIpc) is 2.55. The lowest BCUT2D eigenvalue weighted by Gasteiger charge is -2.09. The zero-order chi connectivity index (χ0) is 16.4. The number of carbonyl (C=O) groups excluding carboxylic acids is 1. The molecule has 1 aromatic carbocycles. The molecule has 0 radical (unpaired) electrons. The molecule has 1 amide bonds. The first-order valence-corrected chi connectivity index (χ1v) is 7.33. The van der Waals surface area contributed by atoms with Gasteiger partial charge in [0.2, 0.25) is 0 Å². The Balaban J connectivity index is 1.92. The molecule has 0 fully saturated rings. The third-order valence-corrected chi connectivity index (χ3v) is 3.88. The van der Waals surface area contributed by atoms with Crippen LogP contribution < -0.4 is 10.9 Å². The van der Waals surface area contributed by atoms with Crippen LogP contribution in [0.3, 0.4) is 0 Å². The minimum Gasteiger partial charge on any atom is -0.423 e. The number of hydrogen-bond acceptors (Lipinski definition) is 4. The first-order valence-electron chi connectivity index (χ1n) is 6.96. The van der Waals surface area contributed by atoms with Crippen LogP contribution >= 0.6 is 11.6 Å². The molecule has 0 bridgehead atoms. The third-order valence-electron chi connectivity index (χ3n) is 3.47. The third kappa shape index (κ3) is 3.24. The molecule has 0 aliphatic carbocycles. The molecule has 0 spiro atoms. The molecular weight excluding hydrogens is 316 g/mol. The number of aryl methyl sites for hydroxylation is 1. The van der Waals surface area contributed by atoms with Crippen molar-refractivity contribution in [3.05, 3.63) is 74.9 Å². The van der Waals surface area contributed by atoms with Crippen molar-refractivity contribution in [1.82, 2.24) is 10.3 Å². The maximum Gasteiger partial charge on any atom is 0.336 e. The smallest absolute Gasteiger partial charge is 0.336 e. The summed E-state index contributed by atoms with van der Waals surface area (Å²) in [6, 6.07) is 8.16. The van der Waals surface area contributed by atoms with Gasteiger partial charge in [-0.3, -0.25) is 9.78 Å². The van der Waals surface area contributed by atoms with Gasteiger partial charge in [-0.1, -0.05) is 11.6 Å². The minimum absolute atomic E-state index is 0.190. The van der Waals surface area contributed by atoms with Crippen molar-refractivity contribution in [2.75, 3.05) is 0 Å². The number of nitrogens with zero attached hydrogens (tertiary/aromatic N) is 1. The average molecular weight is 329 g/mol. The van der Waals surface area contributed by atoms with Crippen molar-refractivity contribution in [3.63, 3.8) is 0 Å². The summed E-state index contributed by atoms with van der Waals surface area (Å²) < 4.78 is 5.19. The number of pyridine rings is 1. The van der Waals surface area contributed by atoms with Crippen molar-refractivity contribution in [3.8, 4) is 0 Å². The van der Waals surface area contributed by atoms with Crippen LogP contribution in [0.1, 0.15) is 21.5 Å². The number of rotatable bonds is 3. The van der Waals surface area contributed by atoms with Crippen LogP contribution in [0.25, 0.3) is 11.0 Å². The number of carbonyl (C=O) groups is 1. The Morgan fingerprint density at radius 1 is 1.35 bits per heavy atom. The summed E-state index contributed by atoms with van der Waals surface area (Å²) >= 11 is 6.14. The van der Waals surface area contributed by atoms with E-state index in [0.29, 0.717) is 27.1 Å². The molecule has 0 unspecified atom stereocenters. The van der Waals surface area contributed by atoms with Gasteiger partial charge in [0, 0.05) is 35.4 Å². The van der Waals surface area contributed by atoms with E-state index in [1.54, 1.807) is 30.5 Å². The maximum atomic E-state index is 12.1. The number of benzene rings is 1. The molecule has 0 saturated heterocycles. The number of aromatic nitrogens is 1. The fourth-order valence-corrected chi connectivity index (χ4v) is 2.43. The van der Waals surface area contributed by atoms with Crippen LogP contribution in [-0.2, 0) is 6.54 Å². The molecule has 23 heavy (non-hydrogen) atoms. The normalized spacial score (nSPS) is 10.7. The Morgan fingerprint density at radius 3 is 2.91 bits per heavy atom. The Kier molecular flexibility index (Phi) is 4.12. The second kappa shape index (κ2) is 6.22. The summed E-state index contributed by atoms with van der Waals surface area (Å²) in [6.45, 7) is 2.02. The van der Waals surface area contributed by atoms with Gasteiger partial charge in [0.1, 0.15) is 5.58 Å². The molecular formula is C17H13ClN2O3. The molecule has 6 heteroatoms. The quantitative estimate of drug-likeness (QED) is 0.750. The second-order valence-corrected chi connectivity index (χ2v) is 5.52. The van der Waals surface area contributed by atoms with E-state index in [-0.39, 0.29) is 12.5 Å². The maximum absolute atomic E-state index is 12.1. The van der Waals surface area contributed by atoms with Gasteiger partial charge in [-0.05, 0) is 42.3 Å². The summed E-state index contributed by atoms with van der Waals surface area (Å²) in [7, 11) is 0. The lowest BCUT2D eigenvalue weighted by molar-refractivity contribution is 0.0950. The van der Waals surface area contributed by atoms with E-state index >= 15 is 0 Å². The van der Waals surface area contributed by atoms with Crippen LogP contribution in [0.5, 0.6) is 0 Å². The summed E-state index contributed by atoms with van der Waals surface area (Å²) in [5.41, 5.74) is 1.90. The van der Waals surface area contributed by atoms with E-state index in [4.69, 9.17) is 16.0 Å². The molecule has 5 nitrogen and oxygen atoms in total. The van der Waals surface area contributed by atoms with Crippen molar-refractivity contribution in [2.24, 2.45) is 0 Å². The highest BCUT2D eigenvalue weighted by Crippen LogP contribution is 2.25. The number of nitrogens with one attached hydrogen (secondary N) is 1. The second-order valence-electron chi connectivity index (χ2n) is 5.11. The van der Waals surface area contributed by atoms with Crippen LogP contribution in [-0.4, -0.2) is 10.9 Å². The monoisotopic (exact) mass is 328 g/mol. The van der Waals surface area contributed by atoms with E-state index in [9.17, 15) is 9.59 Å². The standard InChI is InChI=1S/C17H13ClN2O3/c1-10-5-15-13(7-14(10)18)12(6-16(21)23-15)9-20-17(22)11-3-2-4-19-8-11/h2-8H,9H2,1H3,(H,20,22). The molecule has 2 aromatic heterocycles. The van der Waals surface area contributed by atoms with E-state index in [2.05, 4.69) is 10.3 Å². The highest BCUT2D eigenvalue weighted by Gasteiger charge is 2.10. The van der Waals surface area contributed by atoms with Gasteiger partial charge < -0.3 is 9.73 Å². The molecule has 0 atom stereocenters. The lowest BCUT2D eigenvalue weighted by atomic mass is 10.1. The molecule has 3 aromatic rings. The molecule has 1 N–H and O–H groups in total. The Morgan fingerprint density at radius 2 is 2.17 bits per heavy atom. The van der Waals surface area contributed by atoms with Crippen LogP contribution in [0.15, 0.2) is 51.9 Å². The van der Waals surface area contributed by atoms with Crippen LogP contribution in [0, 0.1) is 6.92 Å². The zero-order valence-corrected chi connectivity index (χ0v) is 13.1. The number of hydrogen-bond donors (Lipinski definition) is 1. The Bertz CT molecular complexity index is 936. The van der Waals surface area contributed by atoms with E-state index in [0.717, 1.165) is 5.56 Å². The fraction of sp³-hybridized carbons (Fsp3) is 0.118. The van der Waals surface area contributed by atoms with Gasteiger partial charge >= 0.3 is 5.63 Å². The van der Waals surface area contributed by atoms with Gasteiger partial charge in [0.05, 0.1) is 5.56 Å². The van der Waals surface area contributed by atoms with Gasteiger partial charge in [-0.15, -0.1) is 0 Å². The van der Waals surface area contributed by atoms with Gasteiger partial charge in [-0.2, -0.15) is 0 Å². The number of fused-ring (bicyclic) bond motifs is 1. The topological polar surface area (TPSA) is 72.2 Å². The summed E-state index contributed by atoms with van der Waals surface area (Å²) in [5.74, 6) is -0.266. The predicted octanol–water partition coefficient (Wildman–Crippen LogP) is 3.08. The molecule has 0 aliphatic rings. The van der Waals surface area contributed by atoms with Crippen molar-refractivity contribution in [2.45, 2.75) is 13.5 Å². The van der Waals surface area contributed by atoms with Crippen molar-refractivity contribution in [1.29, 1.82) is 0 Å². The predicted molar refractivity (Wildman–Crippen MR) is 87.6 cm³/mol.